The Labute approximate surface area is 169 Å². The number of nitrogens with one attached hydrogen (secondary N) is 1. The predicted molar refractivity (Wildman–Crippen MR) is 115 cm³/mol. The third-order valence-corrected chi connectivity index (χ3v) is 5.38. The van der Waals surface area contributed by atoms with Gasteiger partial charge in [0.05, 0.1) is 19.9 Å². The maximum atomic E-state index is 12.6. The fourth-order valence-corrected chi connectivity index (χ4v) is 3.51. The minimum atomic E-state index is -0.190. The lowest BCUT2D eigenvalue weighted by Gasteiger charge is -2.12. The third-order valence-electron chi connectivity index (χ3n) is 4.30. The molecule has 0 aliphatic heterocycles. The summed E-state index contributed by atoms with van der Waals surface area (Å²) >= 11 is 1.78. The largest absolute Gasteiger partial charge is 0.497 e. The molecule has 5 heteroatoms. The number of carbonyl (C=O) groups excluding carboxylic acids is 1. The number of anilines is 1. The molecule has 0 aromatic heterocycles. The number of methoxy groups -OCH3 is 2. The summed E-state index contributed by atoms with van der Waals surface area (Å²) in [6.07, 6.45) is 0. The minimum Gasteiger partial charge on any atom is -0.497 e. The average Bonchev–Trinajstić information content (AvgIpc) is 2.73. The number of hydrogen-bond acceptors (Lipinski definition) is 4. The number of thioether (sulfide) groups is 1. The van der Waals surface area contributed by atoms with Crippen molar-refractivity contribution in [2.24, 2.45) is 0 Å². The molecule has 144 valence electrons. The Morgan fingerprint density at radius 1 is 0.929 bits per heavy atom. The van der Waals surface area contributed by atoms with Gasteiger partial charge in [0.2, 0.25) is 0 Å². The molecule has 0 heterocycles. The molecule has 1 N–H and O–H groups in total. The number of amides is 1. The second-order valence-corrected chi connectivity index (χ2v) is 7.37. The fourth-order valence-electron chi connectivity index (χ4n) is 2.66. The number of hydrogen-bond donors (Lipinski definition) is 1. The summed E-state index contributed by atoms with van der Waals surface area (Å²) in [6, 6.07) is 21.4. The van der Waals surface area contributed by atoms with Crippen LogP contribution in [0.25, 0.3) is 0 Å². The van der Waals surface area contributed by atoms with Crippen LogP contribution in [0.4, 0.5) is 5.69 Å². The van der Waals surface area contributed by atoms with Crippen molar-refractivity contribution in [3.63, 3.8) is 0 Å². The maximum Gasteiger partial charge on any atom is 0.255 e. The Hall–Kier alpha value is -2.92. The first-order valence-electron chi connectivity index (χ1n) is 8.91. The zero-order valence-electron chi connectivity index (χ0n) is 16.2. The summed E-state index contributed by atoms with van der Waals surface area (Å²) in [6.45, 7) is 2.08. The molecule has 28 heavy (non-hydrogen) atoms. The predicted octanol–water partition coefficient (Wildman–Crippen LogP) is 5.56. The van der Waals surface area contributed by atoms with E-state index in [2.05, 4.69) is 36.5 Å². The number of benzene rings is 3. The van der Waals surface area contributed by atoms with E-state index in [1.165, 1.54) is 16.0 Å². The molecule has 0 aliphatic rings. The molecular weight excluding hydrogens is 370 g/mol. The first-order chi connectivity index (χ1) is 13.6. The van der Waals surface area contributed by atoms with Gasteiger partial charge in [0.1, 0.15) is 11.5 Å². The van der Waals surface area contributed by atoms with E-state index in [1.807, 2.05) is 24.3 Å². The SMILES string of the molecule is COc1ccc(OC)c(NC(=O)c2ccc(CSc3ccc(C)cc3)cc2)c1. The normalized spacial score (nSPS) is 10.4. The maximum absolute atomic E-state index is 12.6. The van der Waals surface area contributed by atoms with E-state index >= 15 is 0 Å². The van der Waals surface area contributed by atoms with Crippen molar-refractivity contribution >= 4 is 23.4 Å². The Bertz CT molecular complexity index is 937. The Kier molecular flexibility index (Phi) is 6.61. The van der Waals surface area contributed by atoms with E-state index in [4.69, 9.17) is 9.47 Å². The Balaban J connectivity index is 1.64. The second kappa shape index (κ2) is 9.33. The lowest BCUT2D eigenvalue weighted by molar-refractivity contribution is 0.102. The van der Waals surface area contributed by atoms with Crippen LogP contribution >= 0.6 is 11.8 Å². The number of aryl methyl sites for hydroxylation is 1. The van der Waals surface area contributed by atoms with Crippen molar-refractivity contribution in [2.45, 2.75) is 17.6 Å². The fraction of sp³-hybridized carbons (Fsp3) is 0.174. The summed E-state index contributed by atoms with van der Waals surface area (Å²) in [7, 11) is 3.15. The van der Waals surface area contributed by atoms with Gasteiger partial charge in [-0.25, -0.2) is 0 Å². The van der Waals surface area contributed by atoms with Crippen LogP contribution in [0.1, 0.15) is 21.5 Å². The molecule has 0 saturated heterocycles. The van der Waals surface area contributed by atoms with E-state index in [9.17, 15) is 4.79 Å². The van der Waals surface area contributed by atoms with Crippen molar-refractivity contribution in [1.82, 2.24) is 0 Å². The molecule has 3 aromatic rings. The lowest BCUT2D eigenvalue weighted by atomic mass is 10.1. The highest BCUT2D eigenvalue weighted by atomic mass is 32.2. The van der Waals surface area contributed by atoms with E-state index in [1.54, 1.807) is 44.2 Å². The van der Waals surface area contributed by atoms with Crippen molar-refractivity contribution < 1.29 is 14.3 Å². The molecule has 0 aliphatic carbocycles. The van der Waals surface area contributed by atoms with Crippen LogP contribution in [0.5, 0.6) is 11.5 Å². The molecule has 0 atom stereocenters. The summed E-state index contributed by atoms with van der Waals surface area (Å²) in [5, 5.41) is 2.89. The van der Waals surface area contributed by atoms with Gasteiger partial charge in [-0.3, -0.25) is 4.79 Å². The highest BCUT2D eigenvalue weighted by Gasteiger charge is 2.11. The molecule has 0 bridgehead atoms. The van der Waals surface area contributed by atoms with Gasteiger partial charge in [-0.1, -0.05) is 29.8 Å². The summed E-state index contributed by atoms with van der Waals surface area (Å²) in [5.74, 6) is 1.90. The van der Waals surface area contributed by atoms with E-state index in [0.717, 1.165) is 5.75 Å². The zero-order valence-corrected chi connectivity index (χ0v) is 17.0. The van der Waals surface area contributed by atoms with Gasteiger partial charge in [-0.05, 0) is 48.9 Å². The summed E-state index contributed by atoms with van der Waals surface area (Å²) < 4.78 is 10.5. The van der Waals surface area contributed by atoms with Crippen molar-refractivity contribution in [2.75, 3.05) is 19.5 Å². The van der Waals surface area contributed by atoms with Gasteiger partial charge in [0.25, 0.3) is 5.91 Å². The molecular formula is C23H23NO3S. The van der Waals surface area contributed by atoms with E-state index in [-0.39, 0.29) is 5.91 Å². The lowest BCUT2D eigenvalue weighted by Crippen LogP contribution is -2.12. The molecule has 0 radical (unpaired) electrons. The molecule has 3 aromatic carbocycles. The Morgan fingerprint density at radius 3 is 2.29 bits per heavy atom. The van der Waals surface area contributed by atoms with Crippen LogP contribution in [0, 0.1) is 6.92 Å². The molecule has 3 rings (SSSR count). The number of carbonyl (C=O) groups is 1. The van der Waals surface area contributed by atoms with E-state index in [0.29, 0.717) is 22.7 Å². The van der Waals surface area contributed by atoms with Crippen molar-refractivity contribution in [3.8, 4) is 11.5 Å². The molecule has 1 amide bonds. The summed E-state index contributed by atoms with van der Waals surface area (Å²) in [4.78, 5) is 13.8. The topological polar surface area (TPSA) is 47.6 Å². The van der Waals surface area contributed by atoms with Gasteiger partial charge in [0, 0.05) is 22.3 Å². The van der Waals surface area contributed by atoms with Crippen LogP contribution in [0.3, 0.4) is 0 Å². The van der Waals surface area contributed by atoms with Gasteiger partial charge >= 0.3 is 0 Å². The molecule has 0 spiro atoms. The van der Waals surface area contributed by atoms with Gasteiger partial charge in [-0.2, -0.15) is 0 Å². The molecule has 0 saturated carbocycles. The van der Waals surface area contributed by atoms with Gasteiger partial charge < -0.3 is 14.8 Å². The van der Waals surface area contributed by atoms with Crippen LogP contribution in [-0.4, -0.2) is 20.1 Å². The second-order valence-electron chi connectivity index (χ2n) is 6.32. The first kappa shape index (κ1) is 19.8. The third kappa shape index (κ3) is 5.08. The van der Waals surface area contributed by atoms with Crippen molar-refractivity contribution in [3.05, 3.63) is 83.4 Å². The number of rotatable bonds is 7. The minimum absolute atomic E-state index is 0.190. The smallest absolute Gasteiger partial charge is 0.255 e. The monoisotopic (exact) mass is 393 g/mol. The van der Waals surface area contributed by atoms with Crippen LogP contribution < -0.4 is 14.8 Å². The van der Waals surface area contributed by atoms with Crippen LogP contribution in [-0.2, 0) is 5.75 Å². The van der Waals surface area contributed by atoms with Gasteiger partial charge in [0.15, 0.2) is 0 Å². The first-order valence-corrected chi connectivity index (χ1v) is 9.89. The highest BCUT2D eigenvalue weighted by molar-refractivity contribution is 7.98. The zero-order chi connectivity index (χ0) is 19.9. The molecule has 4 nitrogen and oxygen atoms in total. The quantitative estimate of drug-likeness (QED) is 0.534. The summed E-state index contributed by atoms with van der Waals surface area (Å²) in [5.41, 5.74) is 3.59. The average molecular weight is 394 g/mol. The molecule has 0 fully saturated rings. The standard InChI is InChI=1S/C23H23NO3S/c1-16-4-11-20(12-5-16)28-15-17-6-8-18(9-7-17)23(25)24-21-14-19(26-2)10-13-22(21)27-3/h4-14H,15H2,1-3H3,(H,24,25). The van der Waals surface area contributed by atoms with Gasteiger partial charge in [-0.15, -0.1) is 11.8 Å². The van der Waals surface area contributed by atoms with Crippen LogP contribution in [0.2, 0.25) is 0 Å². The number of ether oxygens (including phenoxy) is 2. The van der Waals surface area contributed by atoms with Crippen molar-refractivity contribution in [1.29, 1.82) is 0 Å². The van der Waals surface area contributed by atoms with Crippen LogP contribution in [0.15, 0.2) is 71.6 Å². The highest BCUT2D eigenvalue weighted by Crippen LogP contribution is 2.29. The van der Waals surface area contributed by atoms with E-state index < -0.39 is 0 Å². The Morgan fingerprint density at radius 2 is 1.64 bits per heavy atom. The molecule has 0 unspecified atom stereocenters.